The van der Waals surface area contributed by atoms with Gasteiger partial charge in [0.15, 0.2) is 0 Å². The van der Waals surface area contributed by atoms with Crippen molar-refractivity contribution in [3.05, 3.63) is 12.4 Å². The van der Waals surface area contributed by atoms with Crippen molar-refractivity contribution in [2.45, 2.75) is 19.8 Å². The molecule has 1 N–H and O–H groups in total. The molecule has 0 radical (unpaired) electrons. The minimum absolute atomic E-state index is 0.957. The quantitative estimate of drug-likeness (QED) is 0.713. The number of hydrogen-bond donors (Lipinski definition) is 1. The summed E-state index contributed by atoms with van der Waals surface area (Å²) < 4.78 is 0. The van der Waals surface area contributed by atoms with E-state index in [4.69, 9.17) is 0 Å². The van der Waals surface area contributed by atoms with Crippen molar-refractivity contribution in [3.63, 3.8) is 0 Å². The van der Waals surface area contributed by atoms with E-state index in [1.54, 1.807) is 6.20 Å². The van der Waals surface area contributed by atoms with Gasteiger partial charge in [-0.25, -0.2) is 4.98 Å². The Morgan fingerprint density at radius 2 is 2.45 bits per heavy atom. The summed E-state index contributed by atoms with van der Waals surface area (Å²) in [6.07, 6.45) is 6.07. The smallest absolute Gasteiger partial charge is 0.202 e. The van der Waals surface area contributed by atoms with Crippen LogP contribution in [0.15, 0.2) is 12.4 Å². The standard InChI is InChI=1S/C8H15N3/c1-3-4-7-11(2)8-9-5-6-10-8/h5-6H,3-4,7H2,1-2H3,(H,9,10). The lowest BCUT2D eigenvalue weighted by molar-refractivity contribution is 0.754. The minimum Gasteiger partial charge on any atom is -0.345 e. The summed E-state index contributed by atoms with van der Waals surface area (Å²) in [4.78, 5) is 9.33. The maximum absolute atomic E-state index is 4.14. The number of hydrogen-bond acceptors (Lipinski definition) is 2. The molecule has 0 unspecified atom stereocenters. The molecule has 1 heterocycles. The first kappa shape index (κ1) is 8.11. The summed E-state index contributed by atoms with van der Waals surface area (Å²) in [6.45, 7) is 3.26. The third-order valence-electron chi connectivity index (χ3n) is 1.69. The summed E-state index contributed by atoms with van der Waals surface area (Å²) in [6, 6.07) is 0. The van der Waals surface area contributed by atoms with E-state index in [2.05, 4.69) is 28.8 Å². The van der Waals surface area contributed by atoms with E-state index in [1.165, 1.54) is 12.8 Å². The predicted octanol–water partition coefficient (Wildman–Crippen LogP) is 1.65. The lowest BCUT2D eigenvalue weighted by atomic mass is 10.3. The molecular formula is C8H15N3. The Morgan fingerprint density at radius 3 is 3.00 bits per heavy atom. The van der Waals surface area contributed by atoms with Crippen LogP contribution in [0.3, 0.4) is 0 Å². The molecule has 11 heavy (non-hydrogen) atoms. The predicted molar refractivity (Wildman–Crippen MR) is 46.8 cm³/mol. The minimum atomic E-state index is 0.957. The number of nitrogens with one attached hydrogen (secondary N) is 1. The highest BCUT2D eigenvalue weighted by atomic mass is 15.2. The molecule has 0 saturated carbocycles. The maximum atomic E-state index is 4.14. The lowest BCUT2D eigenvalue weighted by Gasteiger charge is -2.14. The van der Waals surface area contributed by atoms with Crippen LogP contribution in [0, 0.1) is 0 Å². The molecule has 0 fully saturated rings. The fourth-order valence-electron chi connectivity index (χ4n) is 0.967. The van der Waals surface area contributed by atoms with Crippen molar-refractivity contribution in [2.24, 2.45) is 0 Å². The molecule has 0 aliphatic heterocycles. The topological polar surface area (TPSA) is 31.9 Å². The molecule has 0 aliphatic carbocycles. The van der Waals surface area contributed by atoms with Crippen molar-refractivity contribution in [2.75, 3.05) is 18.5 Å². The van der Waals surface area contributed by atoms with E-state index < -0.39 is 0 Å². The van der Waals surface area contributed by atoms with Crippen molar-refractivity contribution >= 4 is 5.95 Å². The molecule has 3 heteroatoms. The van der Waals surface area contributed by atoms with Crippen LogP contribution >= 0.6 is 0 Å². The second-order valence-corrected chi connectivity index (χ2v) is 2.69. The Balaban J connectivity index is 2.36. The number of aromatic amines is 1. The number of nitrogens with zero attached hydrogens (tertiary/aromatic N) is 2. The zero-order valence-corrected chi connectivity index (χ0v) is 7.17. The third kappa shape index (κ3) is 2.26. The average molecular weight is 153 g/mol. The van der Waals surface area contributed by atoms with Gasteiger partial charge in [0.2, 0.25) is 5.95 Å². The molecule has 62 valence electrons. The van der Waals surface area contributed by atoms with Gasteiger partial charge in [0.05, 0.1) is 0 Å². The number of unbranched alkanes of at least 4 members (excludes halogenated alkanes) is 1. The zero-order chi connectivity index (χ0) is 8.10. The van der Waals surface area contributed by atoms with Gasteiger partial charge in [0.1, 0.15) is 0 Å². The van der Waals surface area contributed by atoms with Crippen LogP contribution in [-0.4, -0.2) is 23.6 Å². The summed E-state index contributed by atoms with van der Waals surface area (Å²) in [7, 11) is 2.05. The summed E-state index contributed by atoms with van der Waals surface area (Å²) in [5.74, 6) is 0.957. The van der Waals surface area contributed by atoms with Gasteiger partial charge in [-0.05, 0) is 6.42 Å². The molecule has 0 amide bonds. The molecule has 0 aromatic carbocycles. The van der Waals surface area contributed by atoms with Crippen molar-refractivity contribution in [3.8, 4) is 0 Å². The highest BCUT2D eigenvalue weighted by Gasteiger charge is 1.99. The number of anilines is 1. The molecule has 0 bridgehead atoms. The van der Waals surface area contributed by atoms with E-state index in [0.717, 1.165) is 12.5 Å². The highest BCUT2D eigenvalue weighted by molar-refractivity contribution is 5.26. The Bertz CT molecular complexity index is 181. The second-order valence-electron chi connectivity index (χ2n) is 2.69. The van der Waals surface area contributed by atoms with Gasteiger partial charge in [0, 0.05) is 26.0 Å². The van der Waals surface area contributed by atoms with Crippen LogP contribution < -0.4 is 4.90 Å². The zero-order valence-electron chi connectivity index (χ0n) is 7.17. The van der Waals surface area contributed by atoms with Gasteiger partial charge in [0.25, 0.3) is 0 Å². The van der Waals surface area contributed by atoms with Gasteiger partial charge in [-0.3, -0.25) is 0 Å². The Labute approximate surface area is 67.4 Å². The van der Waals surface area contributed by atoms with Gasteiger partial charge < -0.3 is 9.88 Å². The van der Waals surface area contributed by atoms with Gasteiger partial charge in [-0.15, -0.1) is 0 Å². The lowest BCUT2D eigenvalue weighted by Crippen LogP contribution is -2.19. The number of H-pyrrole nitrogens is 1. The van der Waals surface area contributed by atoms with Crippen LogP contribution in [0.1, 0.15) is 19.8 Å². The van der Waals surface area contributed by atoms with Crippen LogP contribution in [0.5, 0.6) is 0 Å². The normalized spacial score (nSPS) is 10.0. The SMILES string of the molecule is CCCCN(C)c1ncc[nH]1. The monoisotopic (exact) mass is 153 g/mol. The van der Waals surface area contributed by atoms with Crippen LogP contribution in [0.2, 0.25) is 0 Å². The molecule has 1 rings (SSSR count). The van der Waals surface area contributed by atoms with E-state index >= 15 is 0 Å². The van der Waals surface area contributed by atoms with Crippen LogP contribution in [0.25, 0.3) is 0 Å². The van der Waals surface area contributed by atoms with E-state index in [9.17, 15) is 0 Å². The highest BCUT2D eigenvalue weighted by Crippen LogP contribution is 2.03. The molecule has 3 nitrogen and oxygen atoms in total. The molecule has 0 spiro atoms. The number of rotatable bonds is 4. The van der Waals surface area contributed by atoms with Crippen molar-refractivity contribution in [1.29, 1.82) is 0 Å². The second kappa shape index (κ2) is 4.01. The average Bonchev–Trinajstić information content (AvgIpc) is 2.52. The van der Waals surface area contributed by atoms with Gasteiger partial charge >= 0.3 is 0 Å². The first-order chi connectivity index (χ1) is 5.34. The molecular weight excluding hydrogens is 138 g/mol. The Hall–Kier alpha value is -0.990. The van der Waals surface area contributed by atoms with E-state index in [0.29, 0.717) is 0 Å². The first-order valence-corrected chi connectivity index (χ1v) is 4.05. The van der Waals surface area contributed by atoms with Crippen LogP contribution in [0.4, 0.5) is 5.95 Å². The largest absolute Gasteiger partial charge is 0.345 e. The number of imidazole rings is 1. The fraction of sp³-hybridized carbons (Fsp3) is 0.625. The summed E-state index contributed by atoms with van der Waals surface area (Å²) in [5.41, 5.74) is 0. The first-order valence-electron chi connectivity index (χ1n) is 4.05. The molecule has 0 saturated heterocycles. The van der Waals surface area contributed by atoms with Gasteiger partial charge in [-0.2, -0.15) is 0 Å². The Kier molecular flexibility index (Phi) is 2.95. The van der Waals surface area contributed by atoms with Crippen molar-refractivity contribution < 1.29 is 0 Å². The molecule has 0 atom stereocenters. The van der Waals surface area contributed by atoms with Crippen LogP contribution in [-0.2, 0) is 0 Å². The van der Waals surface area contributed by atoms with E-state index in [1.807, 2.05) is 6.20 Å². The third-order valence-corrected chi connectivity index (χ3v) is 1.69. The summed E-state index contributed by atoms with van der Waals surface area (Å²) >= 11 is 0. The maximum Gasteiger partial charge on any atom is 0.202 e. The van der Waals surface area contributed by atoms with Gasteiger partial charge in [-0.1, -0.05) is 13.3 Å². The fourth-order valence-corrected chi connectivity index (χ4v) is 0.967. The van der Waals surface area contributed by atoms with E-state index in [-0.39, 0.29) is 0 Å². The van der Waals surface area contributed by atoms with Crippen molar-refractivity contribution in [1.82, 2.24) is 9.97 Å². The molecule has 0 aliphatic rings. The molecule has 1 aromatic rings. The Morgan fingerprint density at radius 1 is 1.64 bits per heavy atom. The summed E-state index contributed by atoms with van der Waals surface area (Å²) in [5, 5.41) is 0. The number of aromatic nitrogens is 2. The molecule has 1 aromatic heterocycles.